The van der Waals surface area contributed by atoms with Gasteiger partial charge in [0, 0.05) is 19.2 Å². The first-order chi connectivity index (χ1) is 12.3. The second-order valence-corrected chi connectivity index (χ2v) is 6.79. The third-order valence-corrected chi connectivity index (χ3v) is 4.07. The van der Waals surface area contributed by atoms with Crippen LogP contribution in [0, 0.1) is 22.0 Å². The molecule has 3 N–H and O–H groups in total. The van der Waals surface area contributed by atoms with E-state index in [-0.39, 0.29) is 29.7 Å². The fourth-order valence-electron chi connectivity index (χ4n) is 2.61. The topological polar surface area (TPSA) is 122 Å². The van der Waals surface area contributed by atoms with Gasteiger partial charge in [-0.2, -0.15) is 0 Å². The zero-order chi connectivity index (χ0) is 19.7. The van der Waals surface area contributed by atoms with Gasteiger partial charge in [0.2, 0.25) is 5.91 Å². The molecule has 0 fully saturated rings. The van der Waals surface area contributed by atoms with Crippen molar-refractivity contribution in [3.05, 3.63) is 38.9 Å². The Kier molecular flexibility index (Phi) is 9.01. The number of hydrogen-bond donors (Lipinski definition) is 3. The van der Waals surface area contributed by atoms with Crippen LogP contribution in [0.5, 0.6) is 0 Å². The van der Waals surface area contributed by atoms with Crippen LogP contribution in [-0.2, 0) is 4.79 Å². The molecule has 144 valence electrons. The van der Waals surface area contributed by atoms with Crippen LogP contribution in [0.4, 0.5) is 5.69 Å². The number of carbonyl (C=O) groups is 2. The number of amides is 2. The first-order valence-electron chi connectivity index (χ1n) is 8.34. The van der Waals surface area contributed by atoms with Gasteiger partial charge in [0.25, 0.3) is 11.6 Å². The summed E-state index contributed by atoms with van der Waals surface area (Å²) >= 11 is 5.88. The number of rotatable bonds is 10. The molecule has 0 saturated carbocycles. The molecular weight excluding hydrogens is 362 g/mol. The lowest BCUT2D eigenvalue weighted by molar-refractivity contribution is -0.385. The summed E-state index contributed by atoms with van der Waals surface area (Å²) in [7, 11) is 0. The molecule has 9 heteroatoms. The molecule has 0 radical (unpaired) electrons. The summed E-state index contributed by atoms with van der Waals surface area (Å²) in [5, 5.41) is 25.1. The largest absolute Gasteiger partial charge is 0.396 e. The third kappa shape index (κ3) is 6.97. The van der Waals surface area contributed by atoms with Gasteiger partial charge in [-0.25, -0.2) is 0 Å². The number of benzene rings is 1. The Bertz CT molecular complexity index is 651. The van der Waals surface area contributed by atoms with Crippen molar-refractivity contribution in [2.75, 3.05) is 19.7 Å². The third-order valence-electron chi connectivity index (χ3n) is 3.75. The van der Waals surface area contributed by atoms with Crippen LogP contribution < -0.4 is 10.6 Å². The van der Waals surface area contributed by atoms with Crippen LogP contribution in [0.15, 0.2) is 18.2 Å². The fourth-order valence-corrected chi connectivity index (χ4v) is 2.87. The van der Waals surface area contributed by atoms with Gasteiger partial charge in [0.15, 0.2) is 0 Å². The highest BCUT2D eigenvalue weighted by molar-refractivity contribution is 6.34. The maximum Gasteiger partial charge on any atom is 0.283 e. The normalized spacial score (nSPS) is 11.9. The van der Waals surface area contributed by atoms with Gasteiger partial charge in [-0.05, 0) is 30.7 Å². The van der Waals surface area contributed by atoms with Crippen molar-refractivity contribution >= 4 is 29.1 Å². The summed E-state index contributed by atoms with van der Waals surface area (Å²) in [6.45, 7) is 4.22. The molecule has 0 saturated heterocycles. The molecule has 0 aliphatic rings. The standard InChI is InChI=1S/C17H24ClN3O5/c1-11(2)8-12(6-7-22)9-19-15(23)10-20-17(24)16-13(18)4-3-5-14(16)21(25)26/h3-5,11-12,22H,6-10H2,1-2H3,(H,19,23)(H,20,24). The number of aliphatic hydroxyl groups is 1. The van der Waals surface area contributed by atoms with Gasteiger partial charge in [0.1, 0.15) is 5.56 Å². The van der Waals surface area contributed by atoms with E-state index in [2.05, 4.69) is 24.5 Å². The Hall–Kier alpha value is -2.19. The van der Waals surface area contributed by atoms with Gasteiger partial charge < -0.3 is 15.7 Å². The average Bonchev–Trinajstić information content (AvgIpc) is 2.57. The molecule has 8 nitrogen and oxygen atoms in total. The molecule has 1 aromatic carbocycles. The van der Waals surface area contributed by atoms with Crippen molar-refractivity contribution in [3.8, 4) is 0 Å². The van der Waals surface area contributed by atoms with Crippen LogP contribution in [0.2, 0.25) is 5.02 Å². The summed E-state index contributed by atoms with van der Waals surface area (Å²) < 4.78 is 0. The number of nitro benzene ring substituents is 1. The molecule has 1 rings (SSSR count). The summed E-state index contributed by atoms with van der Waals surface area (Å²) in [4.78, 5) is 34.4. The molecule has 1 unspecified atom stereocenters. The lowest BCUT2D eigenvalue weighted by atomic mass is 9.94. The number of nitrogens with one attached hydrogen (secondary N) is 2. The summed E-state index contributed by atoms with van der Waals surface area (Å²) in [5.74, 6) is -0.625. The number of carbonyl (C=O) groups excluding carboxylic acids is 2. The van der Waals surface area contributed by atoms with E-state index in [1.807, 2.05) is 0 Å². The Morgan fingerprint density at radius 2 is 2.00 bits per heavy atom. The van der Waals surface area contributed by atoms with E-state index in [0.29, 0.717) is 18.9 Å². The van der Waals surface area contributed by atoms with Crippen molar-refractivity contribution in [2.45, 2.75) is 26.7 Å². The minimum absolute atomic E-state index is 0.0418. The zero-order valence-corrected chi connectivity index (χ0v) is 15.6. The van der Waals surface area contributed by atoms with Gasteiger partial charge in [-0.3, -0.25) is 19.7 Å². The quantitative estimate of drug-likeness (QED) is 0.420. The average molecular weight is 386 g/mol. The lowest BCUT2D eigenvalue weighted by Gasteiger charge is -2.18. The lowest BCUT2D eigenvalue weighted by Crippen LogP contribution is -2.39. The molecule has 0 heterocycles. The second-order valence-electron chi connectivity index (χ2n) is 6.39. The molecular formula is C17H24ClN3O5. The zero-order valence-electron chi connectivity index (χ0n) is 14.8. The number of nitrogens with zero attached hydrogens (tertiary/aromatic N) is 1. The van der Waals surface area contributed by atoms with Gasteiger partial charge in [-0.1, -0.05) is 31.5 Å². The number of hydrogen-bond acceptors (Lipinski definition) is 5. The number of nitro groups is 1. The molecule has 1 aromatic rings. The van der Waals surface area contributed by atoms with E-state index in [9.17, 15) is 19.7 Å². The van der Waals surface area contributed by atoms with Crippen molar-refractivity contribution in [1.82, 2.24) is 10.6 Å². The molecule has 0 spiro atoms. The maximum absolute atomic E-state index is 12.2. The molecule has 26 heavy (non-hydrogen) atoms. The number of halogens is 1. The Labute approximate surface area is 157 Å². The first-order valence-corrected chi connectivity index (χ1v) is 8.72. The minimum Gasteiger partial charge on any atom is -0.396 e. The van der Waals surface area contributed by atoms with Gasteiger partial charge >= 0.3 is 0 Å². The summed E-state index contributed by atoms with van der Waals surface area (Å²) in [5.41, 5.74) is -0.694. The van der Waals surface area contributed by atoms with Crippen molar-refractivity contribution in [3.63, 3.8) is 0 Å². The van der Waals surface area contributed by atoms with E-state index in [0.717, 1.165) is 6.42 Å². The number of aliphatic hydroxyl groups excluding tert-OH is 1. The van der Waals surface area contributed by atoms with Crippen molar-refractivity contribution in [1.29, 1.82) is 0 Å². The van der Waals surface area contributed by atoms with Gasteiger partial charge in [-0.15, -0.1) is 0 Å². The van der Waals surface area contributed by atoms with E-state index in [4.69, 9.17) is 16.7 Å². The van der Waals surface area contributed by atoms with Crippen molar-refractivity contribution < 1.29 is 19.6 Å². The van der Waals surface area contributed by atoms with E-state index >= 15 is 0 Å². The molecule has 2 amide bonds. The van der Waals surface area contributed by atoms with Crippen LogP contribution in [-0.4, -0.2) is 41.5 Å². The Morgan fingerprint density at radius 1 is 1.31 bits per heavy atom. The van der Waals surface area contributed by atoms with Crippen LogP contribution in [0.25, 0.3) is 0 Å². The summed E-state index contributed by atoms with van der Waals surface area (Å²) in [6.07, 6.45) is 1.44. The molecule has 0 aliphatic carbocycles. The smallest absolute Gasteiger partial charge is 0.283 e. The Balaban J connectivity index is 2.60. The highest BCUT2D eigenvalue weighted by Gasteiger charge is 2.23. The van der Waals surface area contributed by atoms with E-state index in [1.165, 1.54) is 18.2 Å². The highest BCUT2D eigenvalue weighted by Crippen LogP contribution is 2.25. The SMILES string of the molecule is CC(C)CC(CCO)CNC(=O)CNC(=O)c1c(Cl)cccc1[N+](=O)[O-]. The van der Waals surface area contributed by atoms with Crippen LogP contribution >= 0.6 is 11.6 Å². The van der Waals surface area contributed by atoms with E-state index < -0.39 is 22.4 Å². The predicted octanol–water partition coefficient (Wildman–Crippen LogP) is 2.14. The molecule has 0 aliphatic heterocycles. The maximum atomic E-state index is 12.2. The monoisotopic (exact) mass is 385 g/mol. The van der Waals surface area contributed by atoms with Gasteiger partial charge in [0.05, 0.1) is 16.5 Å². The molecule has 0 aromatic heterocycles. The van der Waals surface area contributed by atoms with Crippen molar-refractivity contribution in [2.24, 2.45) is 11.8 Å². The highest BCUT2D eigenvalue weighted by atomic mass is 35.5. The fraction of sp³-hybridized carbons (Fsp3) is 0.529. The summed E-state index contributed by atoms with van der Waals surface area (Å²) in [6, 6.07) is 3.92. The predicted molar refractivity (Wildman–Crippen MR) is 98.1 cm³/mol. The minimum atomic E-state index is -0.786. The van der Waals surface area contributed by atoms with Crippen LogP contribution in [0.1, 0.15) is 37.0 Å². The van der Waals surface area contributed by atoms with Crippen LogP contribution in [0.3, 0.4) is 0 Å². The molecule has 0 bridgehead atoms. The molecule has 1 atom stereocenters. The second kappa shape index (κ2) is 10.7. The Morgan fingerprint density at radius 3 is 2.58 bits per heavy atom. The van der Waals surface area contributed by atoms with E-state index in [1.54, 1.807) is 0 Å². The first kappa shape index (κ1) is 21.9.